The van der Waals surface area contributed by atoms with Crippen LogP contribution in [0.1, 0.15) is 6.92 Å². The highest BCUT2D eigenvalue weighted by atomic mass is 127. The molecule has 3 nitrogen and oxygen atoms in total. The second kappa shape index (κ2) is 5.62. The first-order valence-electron chi connectivity index (χ1n) is 5.35. The number of nitrogens with one attached hydrogen (secondary N) is 1. The Kier molecular flexibility index (Phi) is 4.37. The summed E-state index contributed by atoms with van der Waals surface area (Å²) in [5.74, 6) is 1.36. The molecule has 1 heterocycles. The highest BCUT2D eigenvalue weighted by Gasteiger charge is 2.05. The minimum Gasteiger partial charge on any atom is -0.331 e. The van der Waals surface area contributed by atoms with Gasteiger partial charge in [-0.15, -0.1) is 0 Å². The molecule has 2 rings (SSSR count). The van der Waals surface area contributed by atoms with Gasteiger partial charge < -0.3 is 9.55 Å². The van der Waals surface area contributed by atoms with E-state index < -0.39 is 10.8 Å². The minimum absolute atomic E-state index is 0.656. The van der Waals surface area contributed by atoms with Crippen molar-refractivity contribution in [3.05, 3.63) is 26.5 Å². The Bertz CT molecular complexity index is 617. The number of aromatic nitrogens is 2. The molecule has 0 saturated carbocycles. The van der Waals surface area contributed by atoms with Crippen molar-refractivity contribution in [2.75, 3.05) is 11.5 Å². The van der Waals surface area contributed by atoms with Gasteiger partial charge in [0.25, 0.3) is 0 Å². The van der Waals surface area contributed by atoms with Gasteiger partial charge >= 0.3 is 0 Å². The molecule has 0 spiro atoms. The first kappa shape index (κ1) is 13.2. The highest BCUT2D eigenvalue weighted by Crippen LogP contribution is 2.17. The zero-order valence-electron chi connectivity index (χ0n) is 9.40. The van der Waals surface area contributed by atoms with Gasteiger partial charge in [-0.3, -0.25) is 4.21 Å². The van der Waals surface area contributed by atoms with Gasteiger partial charge in [-0.2, -0.15) is 0 Å². The van der Waals surface area contributed by atoms with E-state index in [2.05, 4.69) is 45.8 Å². The van der Waals surface area contributed by atoms with Gasteiger partial charge in [0, 0.05) is 32.4 Å². The van der Waals surface area contributed by atoms with Crippen molar-refractivity contribution in [3.63, 3.8) is 0 Å². The number of imidazole rings is 1. The number of aryl methyl sites for hydroxylation is 1. The fourth-order valence-electron chi connectivity index (χ4n) is 1.70. The molecule has 1 atom stereocenters. The highest BCUT2D eigenvalue weighted by molar-refractivity contribution is 14.1. The normalized spacial score (nSPS) is 13.1. The number of nitrogens with zero attached hydrogens (tertiary/aromatic N) is 1. The number of rotatable bonds is 4. The molecular weight excluding hydrogens is 367 g/mol. The summed E-state index contributed by atoms with van der Waals surface area (Å²) < 4.78 is 15.4. The lowest BCUT2D eigenvalue weighted by Crippen LogP contribution is -2.08. The van der Waals surface area contributed by atoms with E-state index >= 15 is 0 Å². The molecule has 92 valence electrons. The standard InChI is InChI=1S/C11H13IN2OS2/c1-2-17(15)6-5-14-10-4-3-8(12)7-9(10)13-11(14)16/h3-4,7H,2,5-6H2,1H3,(H,13,16). The second-order valence-electron chi connectivity index (χ2n) is 3.68. The van der Waals surface area contributed by atoms with Crippen molar-refractivity contribution in [3.8, 4) is 0 Å². The number of H-pyrrole nitrogens is 1. The van der Waals surface area contributed by atoms with E-state index in [0.717, 1.165) is 11.0 Å². The van der Waals surface area contributed by atoms with Crippen LogP contribution >= 0.6 is 34.8 Å². The number of benzene rings is 1. The van der Waals surface area contributed by atoms with Crippen LogP contribution in [0.15, 0.2) is 18.2 Å². The molecular formula is C11H13IN2OS2. The quantitative estimate of drug-likeness (QED) is 0.654. The van der Waals surface area contributed by atoms with Crippen molar-refractivity contribution in [1.82, 2.24) is 9.55 Å². The molecule has 2 aromatic rings. The zero-order valence-corrected chi connectivity index (χ0v) is 13.2. The van der Waals surface area contributed by atoms with Crippen LogP contribution in [0.5, 0.6) is 0 Å². The summed E-state index contributed by atoms with van der Waals surface area (Å²) in [6.45, 7) is 2.65. The molecule has 0 aliphatic heterocycles. The summed E-state index contributed by atoms with van der Waals surface area (Å²) in [6, 6.07) is 6.18. The third-order valence-corrected chi connectivity index (χ3v) is 4.88. The van der Waals surface area contributed by atoms with Crippen molar-refractivity contribution < 1.29 is 4.21 Å². The van der Waals surface area contributed by atoms with Crippen molar-refractivity contribution >= 4 is 56.6 Å². The van der Waals surface area contributed by atoms with Crippen LogP contribution in [-0.2, 0) is 17.3 Å². The summed E-state index contributed by atoms with van der Waals surface area (Å²) in [5.41, 5.74) is 2.13. The van der Waals surface area contributed by atoms with Gasteiger partial charge in [-0.05, 0) is 53.0 Å². The third kappa shape index (κ3) is 2.97. The van der Waals surface area contributed by atoms with Crippen molar-refractivity contribution in [2.45, 2.75) is 13.5 Å². The molecule has 6 heteroatoms. The SMILES string of the molecule is CCS(=O)CCn1c(=S)[nH]c2cc(I)ccc21. The number of aromatic amines is 1. The van der Waals surface area contributed by atoms with E-state index in [1.807, 2.05) is 11.5 Å². The Morgan fingerprint density at radius 3 is 3.00 bits per heavy atom. The molecule has 0 amide bonds. The average molecular weight is 380 g/mol. The summed E-state index contributed by atoms with van der Waals surface area (Å²) in [6.07, 6.45) is 0. The van der Waals surface area contributed by atoms with E-state index in [1.54, 1.807) is 0 Å². The Hall–Kier alpha value is -0.210. The van der Waals surface area contributed by atoms with Crippen molar-refractivity contribution in [2.24, 2.45) is 0 Å². The Morgan fingerprint density at radius 2 is 2.29 bits per heavy atom. The van der Waals surface area contributed by atoms with E-state index in [9.17, 15) is 4.21 Å². The minimum atomic E-state index is -0.750. The molecule has 0 aliphatic rings. The Morgan fingerprint density at radius 1 is 1.53 bits per heavy atom. The zero-order chi connectivity index (χ0) is 12.4. The lowest BCUT2D eigenvalue weighted by Gasteiger charge is -2.03. The predicted molar refractivity (Wildman–Crippen MR) is 83.4 cm³/mol. The van der Waals surface area contributed by atoms with Crippen LogP contribution in [0.3, 0.4) is 0 Å². The number of hydrogen-bond acceptors (Lipinski definition) is 2. The molecule has 0 aliphatic carbocycles. The van der Waals surface area contributed by atoms with Gasteiger partial charge in [-0.1, -0.05) is 6.92 Å². The van der Waals surface area contributed by atoms with Crippen LogP contribution < -0.4 is 0 Å². The van der Waals surface area contributed by atoms with Gasteiger partial charge in [0.2, 0.25) is 0 Å². The molecule has 0 radical (unpaired) electrons. The maximum atomic E-state index is 11.5. The van der Waals surface area contributed by atoms with E-state index in [0.29, 0.717) is 22.8 Å². The number of hydrogen-bond donors (Lipinski definition) is 1. The van der Waals surface area contributed by atoms with Crippen LogP contribution in [0.2, 0.25) is 0 Å². The fourth-order valence-corrected chi connectivity index (χ4v) is 3.16. The van der Waals surface area contributed by atoms with Crippen LogP contribution in [0.4, 0.5) is 0 Å². The molecule has 0 fully saturated rings. The largest absolute Gasteiger partial charge is 0.331 e. The smallest absolute Gasteiger partial charge is 0.178 e. The summed E-state index contributed by atoms with van der Waals surface area (Å²) in [7, 11) is -0.750. The van der Waals surface area contributed by atoms with Gasteiger partial charge in [0.15, 0.2) is 4.77 Å². The molecule has 1 unspecified atom stereocenters. The lowest BCUT2D eigenvalue weighted by molar-refractivity contribution is 0.675. The van der Waals surface area contributed by atoms with Gasteiger partial charge in [0.1, 0.15) is 0 Å². The molecule has 1 N–H and O–H groups in total. The molecule has 0 bridgehead atoms. The average Bonchev–Trinajstić information content (AvgIpc) is 2.61. The molecule has 1 aromatic heterocycles. The maximum absolute atomic E-state index is 11.5. The third-order valence-electron chi connectivity index (χ3n) is 2.60. The van der Waals surface area contributed by atoms with Crippen molar-refractivity contribution in [1.29, 1.82) is 0 Å². The lowest BCUT2D eigenvalue weighted by atomic mass is 10.3. The predicted octanol–water partition coefficient (Wildman–Crippen LogP) is 3.07. The topological polar surface area (TPSA) is 37.8 Å². The van der Waals surface area contributed by atoms with Crippen LogP contribution in [-0.4, -0.2) is 25.3 Å². The summed E-state index contributed by atoms with van der Waals surface area (Å²) in [4.78, 5) is 3.18. The van der Waals surface area contributed by atoms with E-state index in [4.69, 9.17) is 12.2 Å². The fraction of sp³-hybridized carbons (Fsp3) is 0.364. The molecule has 0 saturated heterocycles. The second-order valence-corrected chi connectivity index (χ2v) is 7.17. The first-order valence-corrected chi connectivity index (χ1v) is 8.32. The monoisotopic (exact) mass is 380 g/mol. The molecule has 17 heavy (non-hydrogen) atoms. The van der Waals surface area contributed by atoms with E-state index in [-0.39, 0.29) is 0 Å². The summed E-state index contributed by atoms with van der Waals surface area (Å²) >= 11 is 7.57. The maximum Gasteiger partial charge on any atom is 0.178 e. The van der Waals surface area contributed by atoms with Gasteiger partial charge in [-0.25, -0.2) is 0 Å². The van der Waals surface area contributed by atoms with Gasteiger partial charge in [0.05, 0.1) is 11.0 Å². The Labute approximate surface area is 121 Å². The number of halogens is 1. The number of fused-ring (bicyclic) bond motifs is 1. The van der Waals surface area contributed by atoms with Crippen LogP contribution in [0, 0.1) is 8.34 Å². The summed E-state index contributed by atoms with van der Waals surface area (Å²) in [5, 5.41) is 0. The van der Waals surface area contributed by atoms with E-state index in [1.165, 1.54) is 3.57 Å². The Balaban J connectivity index is 2.36. The first-order chi connectivity index (χ1) is 8.11. The molecule has 1 aromatic carbocycles. The van der Waals surface area contributed by atoms with Crippen LogP contribution in [0.25, 0.3) is 11.0 Å².